The third-order valence-corrected chi connectivity index (χ3v) is 12.7. The maximum absolute atomic E-state index is 17.4. The highest BCUT2D eigenvalue weighted by molar-refractivity contribution is 6.04. The minimum absolute atomic E-state index is 0.0251. The lowest BCUT2D eigenvalue weighted by Gasteiger charge is -2.47. The van der Waals surface area contributed by atoms with Crippen LogP contribution in [0.3, 0.4) is 0 Å². The summed E-state index contributed by atoms with van der Waals surface area (Å²) in [6, 6.07) is 5.61. The molecule has 3 saturated heterocycles. The number of nitrogens with zero attached hydrogens (tertiary/aromatic N) is 6. The Bertz CT molecular complexity index is 2310. The number of terminal acetylenes is 1. The van der Waals surface area contributed by atoms with Gasteiger partial charge in [0, 0.05) is 48.6 Å². The third-order valence-electron chi connectivity index (χ3n) is 12.7. The number of hydrogen-bond donors (Lipinski definition) is 2. The molecule has 0 radical (unpaired) electrons. The molecule has 1 saturated carbocycles. The van der Waals surface area contributed by atoms with Crippen molar-refractivity contribution in [3.8, 4) is 41.2 Å². The summed E-state index contributed by atoms with van der Waals surface area (Å²) in [4.78, 5) is 33.0. The Morgan fingerprint density at radius 3 is 2.60 bits per heavy atom. The summed E-state index contributed by atoms with van der Waals surface area (Å²) in [7, 11) is 1.39. The lowest BCUT2D eigenvalue weighted by Crippen LogP contribution is -2.54. The zero-order valence-corrected chi connectivity index (χ0v) is 34.8. The van der Waals surface area contributed by atoms with Crippen LogP contribution in [-0.4, -0.2) is 125 Å². The van der Waals surface area contributed by atoms with E-state index in [1.807, 2.05) is 18.7 Å². The van der Waals surface area contributed by atoms with Crippen molar-refractivity contribution in [2.24, 2.45) is 11.3 Å². The Kier molecular flexibility index (Phi) is 11.7. The number of aromatic hydroxyl groups is 1. The quantitative estimate of drug-likeness (QED) is 0.174. The van der Waals surface area contributed by atoms with Crippen molar-refractivity contribution in [1.29, 1.82) is 0 Å². The van der Waals surface area contributed by atoms with Gasteiger partial charge in [-0.15, -0.1) is 6.42 Å². The molecule has 15 heteroatoms. The summed E-state index contributed by atoms with van der Waals surface area (Å²) in [6.45, 7) is 9.80. The van der Waals surface area contributed by atoms with E-state index < -0.39 is 17.2 Å². The molecule has 13 nitrogen and oxygen atoms in total. The number of phenols is 1. The van der Waals surface area contributed by atoms with Crippen LogP contribution in [0.15, 0.2) is 24.3 Å². The third kappa shape index (κ3) is 8.09. The van der Waals surface area contributed by atoms with Gasteiger partial charge in [-0.3, -0.25) is 4.90 Å². The van der Waals surface area contributed by atoms with Crippen LogP contribution < -0.4 is 14.4 Å². The SMILES string of the molecule is C#Cc1c(F)ccc2cc(O)cc(-c3nc(OC)c4c(N5CCOC[C@@](C)(O)C5)nc(OC[C@]56CCC[C@H]5N(CC5CCN(C(=O)OC(C)C)CC5)CCC6)nc4c3F)c12. The number of methoxy groups -OCH3 is 1. The number of hydrogen-bond acceptors (Lipinski definition) is 12. The van der Waals surface area contributed by atoms with E-state index in [0.29, 0.717) is 37.5 Å². The van der Waals surface area contributed by atoms with Gasteiger partial charge in [-0.25, -0.2) is 18.6 Å². The first kappa shape index (κ1) is 41.7. The molecule has 3 atom stereocenters. The number of fused-ring (bicyclic) bond motifs is 3. The summed E-state index contributed by atoms with van der Waals surface area (Å²) in [5.41, 5.74) is -1.91. The molecule has 4 aliphatic rings. The minimum atomic E-state index is -1.26. The first-order chi connectivity index (χ1) is 28.8. The van der Waals surface area contributed by atoms with E-state index in [1.54, 1.807) is 11.8 Å². The molecular formula is C45H54F2N6O7. The number of halogens is 2. The van der Waals surface area contributed by atoms with Crippen LogP contribution in [0, 0.1) is 35.3 Å². The Hall–Kier alpha value is -5.04. The number of anilines is 1. The average Bonchev–Trinajstić information content (AvgIpc) is 3.57. The number of carbonyl (C=O) groups is 1. The number of aliphatic hydroxyl groups is 1. The van der Waals surface area contributed by atoms with E-state index in [4.69, 9.17) is 35.3 Å². The van der Waals surface area contributed by atoms with Crippen molar-refractivity contribution in [2.75, 3.05) is 71.1 Å². The van der Waals surface area contributed by atoms with Crippen molar-refractivity contribution >= 4 is 33.6 Å². The summed E-state index contributed by atoms with van der Waals surface area (Å²) >= 11 is 0. The van der Waals surface area contributed by atoms with E-state index >= 15 is 8.78 Å². The van der Waals surface area contributed by atoms with Gasteiger partial charge < -0.3 is 39.0 Å². The van der Waals surface area contributed by atoms with Gasteiger partial charge in [-0.05, 0) is 95.3 Å². The second-order valence-electron chi connectivity index (χ2n) is 17.5. The molecule has 1 amide bonds. The lowest BCUT2D eigenvalue weighted by molar-refractivity contribution is -0.0129. The number of amides is 1. The highest BCUT2D eigenvalue weighted by Gasteiger charge is 2.49. The van der Waals surface area contributed by atoms with Gasteiger partial charge in [0.25, 0.3) is 0 Å². The normalized spacial score (nSPS) is 24.1. The number of likely N-dealkylation sites (tertiary alicyclic amines) is 2. The Balaban J connectivity index is 1.15. The fourth-order valence-corrected chi connectivity index (χ4v) is 10.0. The van der Waals surface area contributed by atoms with Gasteiger partial charge in [-0.2, -0.15) is 9.97 Å². The van der Waals surface area contributed by atoms with Crippen molar-refractivity contribution < 1.29 is 42.7 Å². The predicted octanol–water partition coefficient (Wildman–Crippen LogP) is 6.68. The van der Waals surface area contributed by atoms with Crippen LogP contribution in [0.1, 0.15) is 71.3 Å². The molecular weight excluding hydrogens is 775 g/mol. The van der Waals surface area contributed by atoms with Crippen LogP contribution in [-0.2, 0) is 9.47 Å². The van der Waals surface area contributed by atoms with Crippen molar-refractivity contribution in [3.63, 3.8) is 0 Å². The number of ether oxygens (including phenoxy) is 4. The van der Waals surface area contributed by atoms with Crippen molar-refractivity contribution in [2.45, 2.75) is 83.5 Å². The molecule has 60 heavy (non-hydrogen) atoms. The van der Waals surface area contributed by atoms with Crippen LogP contribution in [0.5, 0.6) is 17.6 Å². The number of pyridine rings is 1. The second kappa shape index (κ2) is 16.8. The largest absolute Gasteiger partial charge is 0.508 e. The van der Waals surface area contributed by atoms with Crippen LogP contribution in [0.4, 0.5) is 19.4 Å². The smallest absolute Gasteiger partial charge is 0.410 e. The standard InChI is InChI=1S/C45H54F2N6O7/c1-6-31-33(46)11-10-29-21-30(54)22-32(35(29)31)38-37(47)39-36(41(48-38)57-5)40(53-19-20-58-25-44(4,56)24-53)50-42(49-39)59-26-45-14-7-9-34(45)52(16-8-15-45)23-28-12-17-51(18-13-28)43(55)60-27(2)3/h1,10-11,21-22,27-28,34,54,56H,7-9,12-20,23-26H2,2-5H3/t34-,44+,45-/m1/s1. The summed E-state index contributed by atoms with van der Waals surface area (Å²) in [5, 5.41) is 22.7. The van der Waals surface area contributed by atoms with Crippen LogP contribution in [0.2, 0.25) is 0 Å². The molecule has 0 spiro atoms. The highest BCUT2D eigenvalue weighted by Crippen LogP contribution is 2.49. The number of rotatable bonds is 9. The lowest BCUT2D eigenvalue weighted by atomic mass is 9.75. The molecule has 2 aromatic heterocycles. The number of benzene rings is 2. The molecule has 0 unspecified atom stereocenters. The van der Waals surface area contributed by atoms with Crippen LogP contribution >= 0.6 is 0 Å². The van der Waals surface area contributed by atoms with Gasteiger partial charge in [-0.1, -0.05) is 18.4 Å². The van der Waals surface area contributed by atoms with E-state index in [1.165, 1.54) is 31.4 Å². The zero-order chi connectivity index (χ0) is 42.3. The molecule has 8 rings (SSSR count). The zero-order valence-electron chi connectivity index (χ0n) is 34.8. The molecule has 320 valence electrons. The van der Waals surface area contributed by atoms with Gasteiger partial charge in [0.15, 0.2) is 5.82 Å². The molecule has 2 N–H and O–H groups in total. The Labute approximate surface area is 349 Å². The van der Waals surface area contributed by atoms with E-state index in [9.17, 15) is 15.0 Å². The van der Waals surface area contributed by atoms with Crippen molar-refractivity contribution in [1.82, 2.24) is 24.8 Å². The van der Waals surface area contributed by atoms with E-state index in [0.717, 1.165) is 58.0 Å². The minimum Gasteiger partial charge on any atom is -0.508 e. The molecule has 0 bridgehead atoms. The van der Waals surface area contributed by atoms with Gasteiger partial charge in [0.2, 0.25) is 5.88 Å². The summed E-state index contributed by atoms with van der Waals surface area (Å²) in [6.07, 6.45) is 12.3. The van der Waals surface area contributed by atoms with Gasteiger partial charge in [0.05, 0.1) is 45.1 Å². The monoisotopic (exact) mass is 828 g/mol. The number of phenolic OH excluding ortho intramolecular Hbond substituents is 1. The van der Waals surface area contributed by atoms with Gasteiger partial charge >= 0.3 is 12.1 Å². The Morgan fingerprint density at radius 1 is 1.07 bits per heavy atom. The van der Waals surface area contributed by atoms with E-state index in [2.05, 4.69) is 15.8 Å². The molecule has 1 aliphatic carbocycles. The molecule has 2 aromatic carbocycles. The summed E-state index contributed by atoms with van der Waals surface area (Å²) in [5.74, 6) is 1.32. The molecule has 4 aromatic rings. The Morgan fingerprint density at radius 2 is 1.85 bits per heavy atom. The summed E-state index contributed by atoms with van der Waals surface area (Å²) < 4.78 is 56.2. The fourth-order valence-electron chi connectivity index (χ4n) is 10.0. The number of aromatic nitrogens is 3. The number of carbonyl (C=O) groups excluding carboxylic acids is 1. The average molecular weight is 829 g/mol. The predicted molar refractivity (Wildman–Crippen MR) is 222 cm³/mol. The maximum Gasteiger partial charge on any atom is 0.410 e. The first-order valence-corrected chi connectivity index (χ1v) is 21.0. The first-order valence-electron chi connectivity index (χ1n) is 21.0. The fraction of sp³-hybridized carbons (Fsp3) is 0.556. The second-order valence-corrected chi connectivity index (χ2v) is 17.5. The molecule has 4 fully saturated rings. The van der Waals surface area contributed by atoms with Crippen LogP contribution in [0.25, 0.3) is 32.9 Å². The molecule has 5 heterocycles. The molecule has 3 aliphatic heterocycles. The highest BCUT2D eigenvalue weighted by atomic mass is 19.1. The topological polar surface area (TPSA) is 143 Å². The van der Waals surface area contributed by atoms with E-state index in [-0.39, 0.29) is 100.0 Å². The van der Waals surface area contributed by atoms with Gasteiger partial charge in [0.1, 0.15) is 39.6 Å². The maximum atomic E-state index is 17.4. The number of β-amino-alcohol motifs (C(OH)–C–C–N with tert-alkyl or cyclic N) is 1. The number of piperidine rings is 2. The van der Waals surface area contributed by atoms with Crippen molar-refractivity contribution in [3.05, 3.63) is 41.5 Å².